The lowest BCUT2D eigenvalue weighted by Crippen LogP contribution is -1.99. The van der Waals surface area contributed by atoms with Gasteiger partial charge in [-0.05, 0) is 24.8 Å². The fourth-order valence-electron chi connectivity index (χ4n) is 1.11. The maximum Gasteiger partial charge on any atom is 0.335 e. The number of esters is 2. The second-order valence-corrected chi connectivity index (χ2v) is 3.53. The summed E-state index contributed by atoms with van der Waals surface area (Å²) in [6.07, 6.45) is 7.53. The summed E-state index contributed by atoms with van der Waals surface area (Å²) in [5.41, 5.74) is 1.09. The van der Waals surface area contributed by atoms with E-state index in [1.54, 1.807) is 0 Å². The zero-order valence-corrected chi connectivity index (χ0v) is 10.7. The normalized spacial score (nSPS) is 11.6. The number of unbranched alkanes of at least 4 members (excludes halogenated alkanes) is 1. The van der Waals surface area contributed by atoms with Gasteiger partial charge in [0.15, 0.2) is 0 Å². The Kier molecular flexibility index (Phi) is 8.74. The molecule has 0 saturated carbocycles. The minimum absolute atomic E-state index is 0.571. The number of carbonyl (C=O) groups excluding carboxylic acids is 2. The Morgan fingerprint density at radius 2 is 1.76 bits per heavy atom. The van der Waals surface area contributed by atoms with Crippen molar-refractivity contribution in [2.75, 3.05) is 7.11 Å². The third-order valence-electron chi connectivity index (χ3n) is 2.20. The van der Waals surface area contributed by atoms with E-state index < -0.39 is 11.9 Å². The molecule has 0 rings (SSSR count). The van der Waals surface area contributed by atoms with Crippen molar-refractivity contribution in [1.29, 1.82) is 0 Å². The first kappa shape index (κ1) is 15.4. The van der Waals surface area contributed by atoms with Crippen molar-refractivity contribution in [2.45, 2.75) is 39.5 Å². The summed E-state index contributed by atoms with van der Waals surface area (Å²) in [5, 5.41) is 0. The molecule has 0 aliphatic carbocycles. The first-order valence-electron chi connectivity index (χ1n) is 5.78. The highest BCUT2D eigenvalue weighted by atomic mass is 16.5. The van der Waals surface area contributed by atoms with Gasteiger partial charge >= 0.3 is 11.9 Å². The van der Waals surface area contributed by atoms with Gasteiger partial charge in [-0.3, -0.25) is 0 Å². The van der Waals surface area contributed by atoms with Gasteiger partial charge in [0.25, 0.3) is 0 Å². The smallest absolute Gasteiger partial charge is 0.335 e. The van der Waals surface area contributed by atoms with Gasteiger partial charge in [0.2, 0.25) is 0 Å². The number of hydrogen-bond acceptors (Lipinski definition) is 4. The lowest BCUT2D eigenvalue weighted by atomic mass is 10.1. The Labute approximate surface area is 102 Å². The van der Waals surface area contributed by atoms with E-state index in [1.165, 1.54) is 13.4 Å². The minimum atomic E-state index is -0.576. The molecule has 0 aliphatic rings. The highest BCUT2D eigenvalue weighted by Crippen LogP contribution is 2.11. The zero-order chi connectivity index (χ0) is 13.1. The summed E-state index contributed by atoms with van der Waals surface area (Å²) >= 11 is 0. The maximum atomic E-state index is 11.2. The van der Waals surface area contributed by atoms with Crippen LogP contribution in [-0.4, -0.2) is 19.0 Å². The quantitative estimate of drug-likeness (QED) is 0.390. The van der Waals surface area contributed by atoms with Crippen LogP contribution in [0.3, 0.4) is 0 Å². The fourth-order valence-corrected chi connectivity index (χ4v) is 1.11. The van der Waals surface area contributed by atoms with Crippen LogP contribution in [0.25, 0.3) is 0 Å². The average molecular weight is 240 g/mol. The molecule has 0 unspecified atom stereocenters. The van der Waals surface area contributed by atoms with Gasteiger partial charge in [-0.15, -0.1) is 0 Å². The Hall–Kier alpha value is -1.58. The predicted molar refractivity (Wildman–Crippen MR) is 65.1 cm³/mol. The zero-order valence-electron chi connectivity index (χ0n) is 10.7. The Morgan fingerprint density at radius 1 is 1.12 bits per heavy atom. The summed E-state index contributed by atoms with van der Waals surface area (Å²) in [7, 11) is 1.25. The standard InChI is InChI=1S/C13H20O4/c1-4-6-7-11(5-2)10-17-13(15)9-8-12(14)16-3/h8-10H,4-7H2,1-3H3/b9-8-,11-10?. The molecule has 0 aliphatic heterocycles. The lowest BCUT2D eigenvalue weighted by Gasteiger charge is -2.02. The first-order chi connectivity index (χ1) is 8.13. The van der Waals surface area contributed by atoms with Gasteiger partial charge in [-0.25, -0.2) is 9.59 Å². The largest absolute Gasteiger partial charge is 0.466 e. The summed E-state index contributed by atoms with van der Waals surface area (Å²) < 4.78 is 9.24. The van der Waals surface area contributed by atoms with E-state index in [2.05, 4.69) is 11.7 Å². The topological polar surface area (TPSA) is 52.6 Å². The summed E-state index contributed by atoms with van der Waals surface area (Å²) in [6, 6.07) is 0. The minimum Gasteiger partial charge on any atom is -0.466 e. The number of allylic oxidation sites excluding steroid dienone is 1. The van der Waals surface area contributed by atoms with Crippen molar-refractivity contribution in [3.63, 3.8) is 0 Å². The highest BCUT2D eigenvalue weighted by Gasteiger charge is 1.99. The van der Waals surface area contributed by atoms with Crippen LogP contribution in [0.2, 0.25) is 0 Å². The van der Waals surface area contributed by atoms with Crippen LogP contribution in [0, 0.1) is 0 Å². The maximum absolute atomic E-state index is 11.2. The third kappa shape index (κ3) is 8.25. The molecule has 0 amide bonds. The molecule has 0 spiro atoms. The van der Waals surface area contributed by atoms with Crippen LogP contribution in [0.4, 0.5) is 0 Å². The van der Waals surface area contributed by atoms with Gasteiger partial charge in [-0.2, -0.15) is 0 Å². The molecule has 17 heavy (non-hydrogen) atoms. The molecule has 0 fully saturated rings. The first-order valence-corrected chi connectivity index (χ1v) is 5.78. The van der Waals surface area contributed by atoms with Gasteiger partial charge in [0.05, 0.1) is 13.4 Å². The van der Waals surface area contributed by atoms with Crippen LogP contribution < -0.4 is 0 Å². The van der Waals surface area contributed by atoms with Crippen molar-refractivity contribution in [3.8, 4) is 0 Å². The third-order valence-corrected chi connectivity index (χ3v) is 2.20. The van der Waals surface area contributed by atoms with Gasteiger partial charge < -0.3 is 9.47 Å². The van der Waals surface area contributed by atoms with Gasteiger partial charge in [0, 0.05) is 12.2 Å². The van der Waals surface area contributed by atoms with E-state index in [1.807, 2.05) is 6.92 Å². The van der Waals surface area contributed by atoms with Crippen molar-refractivity contribution in [2.24, 2.45) is 0 Å². The molecular weight excluding hydrogens is 220 g/mol. The molecule has 0 heterocycles. The molecule has 0 radical (unpaired) electrons. The van der Waals surface area contributed by atoms with Crippen LogP contribution in [-0.2, 0) is 19.1 Å². The van der Waals surface area contributed by atoms with Crippen molar-refractivity contribution in [3.05, 3.63) is 24.0 Å². The SMILES string of the molecule is CCCCC(=COC(=O)/C=C\C(=O)OC)CC. The van der Waals surface area contributed by atoms with E-state index in [4.69, 9.17) is 4.74 Å². The monoisotopic (exact) mass is 240 g/mol. The van der Waals surface area contributed by atoms with Crippen molar-refractivity contribution in [1.82, 2.24) is 0 Å². The number of hydrogen-bond donors (Lipinski definition) is 0. The Morgan fingerprint density at radius 3 is 2.29 bits per heavy atom. The Bertz CT molecular complexity index is 303. The number of carbonyl (C=O) groups is 2. The van der Waals surface area contributed by atoms with Crippen LogP contribution in [0.1, 0.15) is 39.5 Å². The number of methoxy groups -OCH3 is 1. The molecular formula is C13H20O4. The molecule has 0 aromatic carbocycles. The molecule has 0 aromatic rings. The average Bonchev–Trinajstić information content (AvgIpc) is 2.36. The second-order valence-electron chi connectivity index (χ2n) is 3.53. The van der Waals surface area contributed by atoms with Gasteiger partial charge in [0.1, 0.15) is 0 Å². The van der Waals surface area contributed by atoms with E-state index in [9.17, 15) is 9.59 Å². The van der Waals surface area contributed by atoms with E-state index in [-0.39, 0.29) is 0 Å². The Balaban J connectivity index is 4.14. The van der Waals surface area contributed by atoms with E-state index in [0.717, 1.165) is 43.4 Å². The molecule has 4 nitrogen and oxygen atoms in total. The highest BCUT2D eigenvalue weighted by molar-refractivity contribution is 5.91. The predicted octanol–water partition coefficient (Wildman–Crippen LogP) is 2.74. The van der Waals surface area contributed by atoms with E-state index in [0.29, 0.717) is 0 Å². The molecule has 0 atom stereocenters. The molecule has 4 heteroatoms. The van der Waals surface area contributed by atoms with Crippen LogP contribution >= 0.6 is 0 Å². The molecule has 0 saturated heterocycles. The second kappa shape index (κ2) is 9.63. The van der Waals surface area contributed by atoms with Crippen LogP contribution in [0.5, 0.6) is 0 Å². The fraction of sp³-hybridized carbons (Fsp3) is 0.538. The lowest BCUT2D eigenvalue weighted by molar-refractivity contribution is -0.136. The van der Waals surface area contributed by atoms with Crippen LogP contribution in [0.15, 0.2) is 24.0 Å². The summed E-state index contributed by atoms with van der Waals surface area (Å²) in [6.45, 7) is 4.12. The van der Waals surface area contributed by atoms with Crippen molar-refractivity contribution >= 4 is 11.9 Å². The summed E-state index contributed by atoms with van der Waals surface area (Å²) in [4.78, 5) is 21.9. The number of rotatable bonds is 7. The van der Waals surface area contributed by atoms with Crippen molar-refractivity contribution < 1.29 is 19.1 Å². The van der Waals surface area contributed by atoms with E-state index >= 15 is 0 Å². The summed E-state index contributed by atoms with van der Waals surface area (Å²) in [5.74, 6) is -1.15. The number of ether oxygens (including phenoxy) is 2. The molecule has 0 bridgehead atoms. The molecule has 0 aromatic heterocycles. The molecule has 96 valence electrons. The van der Waals surface area contributed by atoms with Gasteiger partial charge in [-0.1, -0.05) is 20.3 Å². The molecule has 0 N–H and O–H groups in total.